The number of amides is 1. The zero-order chi connectivity index (χ0) is 19.8. The van der Waals surface area contributed by atoms with E-state index in [-0.39, 0.29) is 16.8 Å². The summed E-state index contributed by atoms with van der Waals surface area (Å²) in [5, 5.41) is 0. The van der Waals surface area contributed by atoms with Crippen molar-refractivity contribution in [2.75, 3.05) is 18.4 Å². The molecule has 1 aliphatic rings. The molecule has 1 atom stereocenters. The first kappa shape index (κ1) is 19.4. The Hall–Kier alpha value is -2.34. The third-order valence-corrected chi connectivity index (χ3v) is 7.19. The summed E-state index contributed by atoms with van der Waals surface area (Å²) >= 11 is 0. The van der Waals surface area contributed by atoms with E-state index in [2.05, 4.69) is 6.92 Å². The smallest absolute Gasteiger partial charge is 0.264 e. The van der Waals surface area contributed by atoms with E-state index in [0.717, 1.165) is 5.56 Å². The maximum Gasteiger partial charge on any atom is 0.264 e. The summed E-state index contributed by atoms with van der Waals surface area (Å²) in [5.74, 6) is 0.564. The van der Waals surface area contributed by atoms with Gasteiger partial charge in [0.2, 0.25) is 0 Å². The Kier molecular flexibility index (Phi) is 5.29. The lowest BCUT2D eigenvalue weighted by atomic mass is 10.1. The van der Waals surface area contributed by atoms with Gasteiger partial charge < -0.3 is 4.90 Å². The highest BCUT2D eigenvalue weighted by Crippen LogP contribution is 2.35. The van der Waals surface area contributed by atoms with Gasteiger partial charge in [-0.05, 0) is 69.0 Å². The van der Waals surface area contributed by atoms with E-state index in [0.29, 0.717) is 17.2 Å². The molecule has 0 spiro atoms. The molecular weight excluding hydrogens is 360 g/mol. The summed E-state index contributed by atoms with van der Waals surface area (Å²) in [6, 6.07) is 13.7. The maximum atomic E-state index is 12.8. The van der Waals surface area contributed by atoms with E-state index in [1.54, 1.807) is 53.4 Å². The minimum absolute atomic E-state index is 0.0370. The first-order chi connectivity index (χ1) is 12.7. The van der Waals surface area contributed by atoms with Crippen LogP contribution < -0.4 is 4.31 Å². The van der Waals surface area contributed by atoms with Gasteiger partial charge in [-0.15, -0.1) is 0 Å². The van der Waals surface area contributed by atoms with Gasteiger partial charge in [-0.2, -0.15) is 0 Å². The Bertz CT molecular complexity index is 917. The molecule has 0 aliphatic heterocycles. The molecule has 0 heterocycles. The van der Waals surface area contributed by atoms with Gasteiger partial charge in [0.25, 0.3) is 15.9 Å². The number of hydrogen-bond donors (Lipinski definition) is 0. The van der Waals surface area contributed by atoms with Crippen molar-refractivity contribution in [2.24, 2.45) is 5.92 Å². The zero-order valence-corrected chi connectivity index (χ0v) is 17.0. The molecular formula is C21H26N2O3S. The Morgan fingerprint density at radius 1 is 1.00 bits per heavy atom. The van der Waals surface area contributed by atoms with Gasteiger partial charge in [0.15, 0.2) is 0 Å². The van der Waals surface area contributed by atoms with Crippen LogP contribution in [0.15, 0.2) is 53.4 Å². The van der Waals surface area contributed by atoms with Crippen LogP contribution in [0.25, 0.3) is 0 Å². The number of carbonyl (C=O) groups excluding carboxylic acids is 1. The predicted molar refractivity (Wildman–Crippen MR) is 107 cm³/mol. The summed E-state index contributed by atoms with van der Waals surface area (Å²) < 4.78 is 26.8. The summed E-state index contributed by atoms with van der Waals surface area (Å²) in [4.78, 5) is 14.7. The van der Waals surface area contributed by atoms with Crippen LogP contribution in [0.3, 0.4) is 0 Å². The summed E-state index contributed by atoms with van der Waals surface area (Å²) in [5.41, 5.74) is 2.09. The van der Waals surface area contributed by atoms with E-state index < -0.39 is 10.0 Å². The van der Waals surface area contributed by atoms with E-state index in [4.69, 9.17) is 0 Å². The van der Waals surface area contributed by atoms with Crippen LogP contribution in [-0.4, -0.2) is 39.4 Å². The van der Waals surface area contributed by atoms with Gasteiger partial charge in [0, 0.05) is 25.7 Å². The summed E-state index contributed by atoms with van der Waals surface area (Å²) in [6.45, 7) is 3.99. The molecule has 0 bridgehead atoms. The van der Waals surface area contributed by atoms with Crippen molar-refractivity contribution in [2.45, 2.75) is 37.6 Å². The molecule has 2 aromatic carbocycles. The fourth-order valence-corrected chi connectivity index (χ4v) is 4.30. The van der Waals surface area contributed by atoms with E-state index >= 15 is 0 Å². The molecule has 5 nitrogen and oxygen atoms in total. The molecule has 6 heteroatoms. The minimum Gasteiger partial charge on any atom is -0.339 e. The highest BCUT2D eigenvalue weighted by atomic mass is 32.2. The molecule has 1 aliphatic carbocycles. The van der Waals surface area contributed by atoms with E-state index in [1.807, 2.05) is 14.0 Å². The molecule has 1 saturated carbocycles. The fraction of sp³-hybridized carbons (Fsp3) is 0.381. The average Bonchev–Trinajstić information content (AvgIpc) is 3.51. The van der Waals surface area contributed by atoms with Crippen LogP contribution in [0, 0.1) is 12.8 Å². The number of anilines is 1. The molecule has 1 unspecified atom stereocenters. The van der Waals surface area contributed by atoms with Gasteiger partial charge in [-0.25, -0.2) is 8.42 Å². The number of aryl methyl sites for hydroxylation is 1. The van der Waals surface area contributed by atoms with E-state index in [9.17, 15) is 13.2 Å². The molecule has 144 valence electrons. The van der Waals surface area contributed by atoms with Crippen molar-refractivity contribution in [3.63, 3.8) is 0 Å². The van der Waals surface area contributed by atoms with Crippen LogP contribution in [0.1, 0.15) is 35.7 Å². The molecule has 1 fully saturated rings. The van der Waals surface area contributed by atoms with Crippen molar-refractivity contribution in [3.8, 4) is 0 Å². The standard InChI is InChI=1S/C21H26N2O3S/c1-15-5-13-20(14-6-15)27(25,26)23(4)19-11-9-18(10-12-19)21(24)22(3)16(2)17-7-8-17/h5-6,9-14,16-17H,7-8H2,1-4H3. The highest BCUT2D eigenvalue weighted by molar-refractivity contribution is 7.92. The molecule has 2 aromatic rings. The molecule has 0 radical (unpaired) electrons. The highest BCUT2D eigenvalue weighted by Gasteiger charge is 2.32. The van der Waals surface area contributed by atoms with Crippen molar-refractivity contribution < 1.29 is 13.2 Å². The Morgan fingerprint density at radius 2 is 1.56 bits per heavy atom. The van der Waals surface area contributed by atoms with Crippen LogP contribution >= 0.6 is 0 Å². The van der Waals surface area contributed by atoms with E-state index in [1.165, 1.54) is 24.2 Å². The Morgan fingerprint density at radius 3 is 2.07 bits per heavy atom. The lowest BCUT2D eigenvalue weighted by Gasteiger charge is -2.25. The van der Waals surface area contributed by atoms with Crippen molar-refractivity contribution in [1.82, 2.24) is 4.90 Å². The normalized spacial score (nSPS) is 15.3. The molecule has 0 saturated heterocycles. The molecule has 0 N–H and O–H groups in total. The number of hydrogen-bond acceptors (Lipinski definition) is 3. The zero-order valence-electron chi connectivity index (χ0n) is 16.2. The SMILES string of the molecule is Cc1ccc(S(=O)(=O)N(C)c2ccc(C(=O)N(C)C(C)C3CC3)cc2)cc1. The topological polar surface area (TPSA) is 57.7 Å². The predicted octanol–water partition coefficient (Wildman–Crippen LogP) is 3.69. The first-order valence-electron chi connectivity index (χ1n) is 9.14. The third-order valence-electron chi connectivity index (χ3n) is 5.39. The van der Waals surface area contributed by atoms with Gasteiger partial charge in [-0.3, -0.25) is 9.10 Å². The number of benzene rings is 2. The molecule has 3 rings (SSSR count). The maximum absolute atomic E-state index is 12.8. The summed E-state index contributed by atoms with van der Waals surface area (Å²) in [7, 11) is -0.289. The lowest BCUT2D eigenvalue weighted by Crippen LogP contribution is -2.36. The van der Waals surface area contributed by atoms with Crippen molar-refractivity contribution >= 4 is 21.6 Å². The van der Waals surface area contributed by atoms with Crippen LogP contribution in [0.2, 0.25) is 0 Å². The number of carbonyl (C=O) groups is 1. The van der Waals surface area contributed by atoms with Crippen LogP contribution in [0.4, 0.5) is 5.69 Å². The second-order valence-corrected chi connectivity index (χ2v) is 9.30. The molecule has 1 amide bonds. The Labute approximate surface area is 161 Å². The number of rotatable bonds is 6. The van der Waals surface area contributed by atoms with Gasteiger partial charge in [0.05, 0.1) is 10.6 Å². The largest absolute Gasteiger partial charge is 0.339 e. The molecule has 27 heavy (non-hydrogen) atoms. The minimum atomic E-state index is -3.64. The lowest BCUT2D eigenvalue weighted by molar-refractivity contribution is 0.0727. The monoisotopic (exact) mass is 386 g/mol. The summed E-state index contributed by atoms with van der Waals surface area (Å²) in [6.07, 6.45) is 2.36. The van der Waals surface area contributed by atoms with Crippen molar-refractivity contribution in [1.29, 1.82) is 0 Å². The van der Waals surface area contributed by atoms with Crippen LogP contribution in [0.5, 0.6) is 0 Å². The van der Waals surface area contributed by atoms with Gasteiger partial charge in [0.1, 0.15) is 0 Å². The molecule has 0 aromatic heterocycles. The number of sulfonamides is 1. The van der Waals surface area contributed by atoms with Gasteiger partial charge >= 0.3 is 0 Å². The fourth-order valence-electron chi connectivity index (χ4n) is 3.10. The van der Waals surface area contributed by atoms with Crippen LogP contribution in [-0.2, 0) is 10.0 Å². The van der Waals surface area contributed by atoms with Crippen molar-refractivity contribution in [3.05, 3.63) is 59.7 Å². The average molecular weight is 387 g/mol. The Balaban J connectivity index is 1.78. The van der Waals surface area contributed by atoms with Gasteiger partial charge in [-0.1, -0.05) is 17.7 Å². The number of nitrogens with zero attached hydrogens (tertiary/aromatic N) is 2. The quantitative estimate of drug-likeness (QED) is 0.761. The second kappa shape index (κ2) is 7.35. The second-order valence-electron chi connectivity index (χ2n) is 7.33. The third kappa shape index (κ3) is 4.00. The first-order valence-corrected chi connectivity index (χ1v) is 10.6.